The molecular weight excluding hydrogens is 438 g/mol. The van der Waals surface area contributed by atoms with Crippen LogP contribution >= 0.6 is 34.7 Å². The van der Waals surface area contributed by atoms with E-state index < -0.39 is 5.25 Å². The number of fused-ring (bicyclic) bond motifs is 1. The molecule has 150 valence electrons. The van der Waals surface area contributed by atoms with Crippen molar-refractivity contribution in [1.29, 1.82) is 5.26 Å². The number of benzene rings is 2. The maximum Gasteiger partial charge on any atom is 0.191 e. The molecule has 1 unspecified atom stereocenters. The van der Waals surface area contributed by atoms with Gasteiger partial charge in [-0.15, -0.1) is 21.5 Å². The normalized spacial score (nSPS) is 13.1. The smallest absolute Gasteiger partial charge is 0.191 e. The van der Waals surface area contributed by atoms with Gasteiger partial charge >= 0.3 is 0 Å². The summed E-state index contributed by atoms with van der Waals surface area (Å²) in [6.07, 6.45) is 0. The molecule has 0 aliphatic carbocycles. The van der Waals surface area contributed by atoms with E-state index in [0.29, 0.717) is 21.0 Å². The Morgan fingerprint density at radius 2 is 1.93 bits per heavy atom. The Labute approximate surface area is 186 Å². The zero-order chi connectivity index (χ0) is 21.3. The number of hydrogen-bond donors (Lipinski definition) is 1. The number of aliphatic hydroxyl groups excluding tert-OH is 1. The topological polar surface area (TPSA) is 87.6 Å². The van der Waals surface area contributed by atoms with E-state index in [2.05, 4.69) is 21.3 Å². The summed E-state index contributed by atoms with van der Waals surface area (Å²) in [4.78, 5) is 4.49. The zero-order valence-corrected chi connectivity index (χ0v) is 18.5. The lowest BCUT2D eigenvalue weighted by Crippen LogP contribution is -2.06. The molecule has 0 spiro atoms. The van der Waals surface area contributed by atoms with E-state index in [9.17, 15) is 10.4 Å². The van der Waals surface area contributed by atoms with Crippen LogP contribution in [0.5, 0.6) is 0 Å². The maximum absolute atomic E-state index is 10.8. The van der Waals surface area contributed by atoms with Crippen molar-refractivity contribution < 1.29 is 5.11 Å². The lowest BCUT2D eigenvalue weighted by molar-refractivity contribution is 0.402. The van der Waals surface area contributed by atoms with Gasteiger partial charge in [-0.3, -0.25) is 0 Å². The summed E-state index contributed by atoms with van der Waals surface area (Å²) < 4.78 is 2.82. The molecule has 0 aliphatic rings. The van der Waals surface area contributed by atoms with E-state index >= 15 is 0 Å². The number of nitriles is 1. The Balaban J connectivity index is 1.61. The molecule has 6 nitrogen and oxygen atoms in total. The summed E-state index contributed by atoms with van der Waals surface area (Å²) in [6, 6.07) is 17.1. The highest BCUT2D eigenvalue weighted by atomic mass is 35.5. The fraction of sp³-hybridized carbons (Fsp3) is 0.143. The van der Waals surface area contributed by atoms with E-state index in [0.717, 1.165) is 15.8 Å². The molecule has 1 atom stereocenters. The van der Waals surface area contributed by atoms with E-state index in [4.69, 9.17) is 11.6 Å². The second-order valence-electron chi connectivity index (χ2n) is 6.49. The standard InChI is InChI=1S/C21H16ClN5OS2/c1-12(18(28)15(11-23)20-24-16-5-3-4-6-17(16)30-20)29-21-26-25-19(27(21)2)13-7-9-14(22)10-8-13/h3-10,12,28H,1-2H3/b18-15-. The number of hydrogen-bond acceptors (Lipinski definition) is 7. The third-order valence-electron chi connectivity index (χ3n) is 4.48. The van der Waals surface area contributed by atoms with Crippen LogP contribution in [-0.4, -0.2) is 30.1 Å². The zero-order valence-electron chi connectivity index (χ0n) is 16.1. The third kappa shape index (κ3) is 3.92. The fourth-order valence-electron chi connectivity index (χ4n) is 2.88. The monoisotopic (exact) mass is 453 g/mol. The molecule has 4 rings (SSSR count). The van der Waals surface area contributed by atoms with Gasteiger partial charge in [-0.05, 0) is 43.3 Å². The molecule has 0 bridgehead atoms. The van der Waals surface area contributed by atoms with Crippen molar-refractivity contribution in [1.82, 2.24) is 19.7 Å². The number of rotatable bonds is 5. The molecule has 0 aliphatic heterocycles. The highest BCUT2D eigenvalue weighted by Crippen LogP contribution is 2.33. The van der Waals surface area contributed by atoms with Gasteiger partial charge in [0.05, 0.1) is 15.5 Å². The molecule has 0 saturated heterocycles. The molecule has 0 saturated carbocycles. The SMILES string of the molecule is CC(Sc1nnc(-c2ccc(Cl)cc2)n1C)/C(O)=C(\C#N)c1nc2ccccc2s1. The van der Waals surface area contributed by atoms with Crippen LogP contribution in [0.25, 0.3) is 27.2 Å². The van der Waals surface area contributed by atoms with Gasteiger partial charge in [0, 0.05) is 17.6 Å². The predicted octanol–water partition coefficient (Wildman–Crippen LogP) is 5.72. The van der Waals surface area contributed by atoms with Crippen molar-refractivity contribution in [3.05, 3.63) is 64.3 Å². The highest BCUT2D eigenvalue weighted by molar-refractivity contribution is 7.99. The summed E-state index contributed by atoms with van der Waals surface area (Å²) in [6.45, 7) is 1.82. The van der Waals surface area contributed by atoms with Crippen molar-refractivity contribution in [2.24, 2.45) is 7.05 Å². The van der Waals surface area contributed by atoms with Crippen LogP contribution < -0.4 is 0 Å². The van der Waals surface area contributed by atoms with Crippen LogP contribution in [0.4, 0.5) is 0 Å². The van der Waals surface area contributed by atoms with E-state index in [1.807, 2.05) is 54.9 Å². The molecule has 30 heavy (non-hydrogen) atoms. The van der Waals surface area contributed by atoms with Gasteiger partial charge in [-0.1, -0.05) is 35.5 Å². The number of halogens is 1. The van der Waals surface area contributed by atoms with Gasteiger partial charge in [0.25, 0.3) is 0 Å². The molecule has 2 heterocycles. The minimum absolute atomic E-state index is 0.0300. The van der Waals surface area contributed by atoms with E-state index in [-0.39, 0.29) is 11.3 Å². The second-order valence-corrected chi connectivity index (χ2v) is 9.27. The molecular formula is C21H16ClN5OS2. The Hall–Kier alpha value is -2.86. The third-order valence-corrected chi connectivity index (χ3v) is 6.93. The number of aliphatic hydroxyl groups is 1. The van der Waals surface area contributed by atoms with Crippen molar-refractivity contribution in [2.45, 2.75) is 17.3 Å². The van der Waals surface area contributed by atoms with Crippen molar-refractivity contribution >= 4 is 50.5 Å². The van der Waals surface area contributed by atoms with Crippen LogP contribution in [0.15, 0.2) is 59.4 Å². The average Bonchev–Trinajstić information content (AvgIpc) is 3.33. The Morgan fingerprint density at radius 3 is 2.63 bits per heavy atom. The van der Waals surface area contributed by atoms with Gasteiger partial charge in [-0.2, -0.15) is 5.26 Å². The van der Waals surface area contributed by atoms with Crippen LogP contribution in [0.2, 0.25) is 5.02 Å². The second kappa shape index (κ2) is 8.48. The van der Waals surface area contributed by atoms with Crippen LogP contribution in [0.1, 0.15) is 11.9 Å². The van der Waals surface area contributed by atoms with Gasteiger partial charge in [0.2, 0.25) is 0 Å². The molecule has 4 aromatic rings. The van der Waals surface area contributed by atoms with Crippen LogP contribution in [-0.2, 0) is 7.05 Å². The highest BCUT2D eigenvalue weighted by Gasteiger charge is 2.22. The number of thioether (sulfide) groups is 1. The van der Waals surface area contributed by atoms with Crippen molar-refractivity contribution in [3.63, 3.8) is 0 Å². The van der Waals surface area contributed by atoms with Crippen LogP contribution in [0.3, 0.4) is 0 Å². The summed E-state index contributed by atoms with van der Waals surface area (Å²) >= 11 is 8.66. The molecule has 2 aromatic heterocycles. The quantitative estimate of drug-likeness (QED) is 0.236. The number of thiazole rings is 1. The summed E-state index contributed by atoms with van der Waals surface area (Å²) in [7, 11) is 1.86. The van der Waals surface area contributed by atoms with Crippen LogP contribution in [0, 0.1) is 11.3 Å². The number of allylic oxidation sites excluding steroid dienone is 1. The first-order valence-electron chi connectivity index (χ1n) is 8.99. The fourth-order valence-corrected chi connectivity index (χ4v) is 4.85. The van der Waals surface area contributed by atoms with Gasteiger partial charge < -0.3 is 9.67 Å². The summed E-state index contributed by atoms with van der Waals surface area (Å²) in [5, 5.41) is 30.3. The molecule has 1 N–H and O–H groups in total. The maximum atomic E-state index is 10.8. The van der Waals surface area contributed by atoms with Gasteiger partial charge in [-0.25, -0.2) is 4.98 Å². The average molecular weight is 454 g/mol. The van der Waals surface area contributed by atoms with Gasteiger partial charge in [0.15, 0.2) is 11.0 Å². The predicted molar refractivity (Wildman–Crippen MR) is 122 cm³/mol. The Kier molecular flexibility index (Phi) is 5.77. The minimum atomic E-state index is -0.410. The minimum Gasteiger partial charge on any atom is -0.510 e. The van der Waals surface area contributed by atoms with Crippen molar-refractivity contribution in [3.8, 4) is 17.5 Å². The molecule has 2 aromatic carbocycles. The van der Waals surface area contributed by atoms with Gasteiger partial charge in [0.1, 0.15) is 22.4 Å². The first kappa shape index (κ1) is 20.4. The first-order valence-corrected chi connectivity index (χ1v) is 11.1. The Morgan fingerprint density at radius 1 is 1.20 bits per heavy atom. The lowest BCUT2D eigenvalue weighted by Gasteiger charge is -2.11. The van der Waals surface area contributed by atoms with E-state index in [1.54, 1.807) is 12.1 Å². The lowest BCUT2D eigenvalue weighted by atomic mass is 10.2. The molecule has 9 heteroatoms. The number of nitrogens with zero attached hydrogens (tertiary/aromatic N) is 5. The van der Waals surface area contributed by atoms with Crippen molar-refractivity contribution in [2.75, 3.05) is 0 Å². The first-order chi connectivity index (χ1) is 14.5. The number of aromatic nitrogens is 4. The molecule has 0 amide bonds. The molecule has 0 fully saturated rings. The summed E-state index contributed by atoms with van der Waals surface area (Å²) in [5.74, 6) is 0.661. The molecule has 0 radical (unpaired) electrons. The van der Waals surface area contributed by atoms with E-state index in [1.165, 1.54) is 23.1 Å². The Bertz CT molecular complexity index is 1250. The summed E-state index contributed by atoms with van der Waals surface area (Å²) in [5.41, 5.74) is 1.87. The largest absolute Gasteiger partial charge is 0.510 e. The number of para-hydroxylation sites is 1.